The quantitative estimate of drug-likeness (QED) is 0.502. The lowest BCUT2D eigenvalue weighted by Gasteiger charge is -2.00. The van der Waals surface area contributed by atoms with Crippen LogP contribution in [0.15, 0.2) is 36.0 Å². The molecule has 2 nitrogen and oxygen atoms in total. The Kier molecular flexibility index (Phi) is 4.77. The van der Waals surface area contributed by atoms with Crippen molar-refractivity contribution in [2.45, 2.75) is 20.3 Å². The Hall–Kier alpha value is -1.31. The number of rotatable bonds is 4. The topological polar surface area (TPSA) is 43.1 Å². The lowest BCUT2D eigenvalue weighted by molar-refractivity contribution is -0.114. The van der Waals surface area contributed by atoms with Crippen LogP contribution in [0.3, 0.4) is 0 Å². The number of amides is 1. The summed E-state index contributed by atoms with van der Waals surface area (Å²) in [6.07, 6.45) is 5.85. The van der Waals surface area contributed by atoms with E-state index in [0.29, 0.717) is 5.57 Å². The molecule has 0 heterocycles. The van der Waals surface area contributed by atoms with Gasteiger partial charge in [0, 0.05) is 5.57 Å². The van der Waals surface area contributed by atoms with Crippen LogP contribution in [0.1, 0.15) is 20.3 Å². The third-order valence-electron chi connectivity index (χ3n) is 1.65. The van der Waals surface area contributed by atoms with Crippen LogP contribution in [-0.2, 0) is 4.79 Å². The first-order chi connectivity index (χ1) is 5.63. The van der Waals surface area contributed by atoms with Gasteiger partial charge in [-0.25, -0.2) is 0 Å². The fourth-order valence-electron chi connectivity index (χ4n) is 0.789. The second-order valence-electron chi connectivity index (χ2n) is 2.51. The Labute approximate surface area is 73.5 Å². The van der Waals surface area contributed by atoms with Crippen molar-refractivity contribution in [2.75, 3.05) is 0 Å². The van der Waals surface area contributed by atoms with Gasteiger partial charge in [-0.05, 0) is 19.4 Å². The van der Waals surface area contributed by atoms with Crippen molar-refractivity contribution in [3.63, 3.8) is 0 Å². The molecule has 0 spiro atoms. The normalized spacial score (nSPS) is 12.8. The second kappa shape index (κ2) is 5.35. The van der Waals surface area contributed by atoms with Crippen molar-refractivity contribution in [2.24, 2.45) is 5.73 Å². The van der Waals surface area contributed by atoms with E-state index < -0.39 is 0 Å². The maximum atomic E-state index is 10.9. The van der Waals surface area contributed by atoms with Crippen LogP contribution < -0.4 is 5.73 Å². The minimum absolute atomic E-state index is 0.382. The first-order valence-electron chi connectivity index (χ1n) is 3.92. The summed E-state index contributed by atoms with van der Waals surface area (Å²) in [6, 6.07) is 0. The molecule has 1 amide bonds. The van der Waals surface area contributed by atoms with E-state index in [9.17, 15) is 4.79 Å². The Balaban J connectivity index is 4.78. The van der Waals surface area contributed by atoms with Crippen LogP contribution in [0.5, 0.6) is 0 Å². The van der Waals surface area contributed by atoms with E-state index in [4.69, 9.17) is 5.73 Å². The standard InChI is InChI=1S/C10H15NO/c1-4-6-7-9(10(11)12)8(3)5-2/h4,6-7H,1,5H2,2-3H3,(H2,11,12)/b7-6-,9-8-. The van der Waals surface area contributed by atoms with Crippen LogP contribution >= 0.6 is 0 Å². The van der Waals surface area contributed by atoms with Gasteiger partial charge in [-0.2, -0.15) is 0 Å². The van der Waals surface area contributed by atoms with Crippen molar-refractivity contribution in [3.05, 3.63) is 36.0 Å². The lowest BCUT2D eigenvalue weighted by atomic mass is 10.1. The molecule has 66 valence electrons. The van der Waals surface area contributed by atoms with Crippen LogP contribution in [0, 0.1) is 0 Å². The fraction of sp³-hybridized carbons (Fsp3) is 0.300. The maximum Gasteiger partial charge on any atom is 0.248 e. The number of primary amides is 1. The highest BCUT2D eigenvalue weighted by Gasteiger charge is 2.02. The van der Waals surface area contributed by atoms with Gasteiger partial charge in [-0.15, -0.1) is 0 Å². The number of hydrogen-bond donors (Lipinski definition) is 1. The van der Waals surface area contributed by atoms with Gasteiger partial charge >= 0.3 is 0 Å². The molecule has 2 N–H and O–H groups in total. The van der Waals surface area contributed by atoms with E-state index in [1.807, 2.05) is 13.8 Å². The molecule has 0 aliphatic heterocycles. The lowest BCUT2D eigenvalue weighted by Crippen LogP contribution is -2.13. The van der Waals surface area contributed by atoms with Crippen LogP contribution in [0.4, 0.5) is 0 Å². The highest BCUT2D eigenvalue weighted by Crippen LogP contribution is 2.08. The molecule has 0 atom stereocenters. The minimum atomic E-state index is -0.382. The molecule has 0 aromatic heterocycles. The highest BCUT2D eigenvalue weighted by atomic mass is 16.1. The monoisotopic (exact) mass is 165 g/mol. The molecule has 0 aromatic carbocycles. The van der Waals surface area contributed by atoms with Gasteiger partial charge < -0.3 is 5.73 Å². The van der Waals surface area contributed by atoms with E-state index in [2.05, 4.69) is 6.58 Å². The van der Waals surface area contributed by atoms with Gasteiger partial charge in [-0.3, -0.25) is 4.79 Å². The number of hydrogen-bond acceptors (Lipinski definition) is 1. The van der Waals surface area contributed by atoms with Gasteiger partial charge in [0.05, 0.1) is 0 Å². The summed E-state index contributed by atoms with van der Waals surface area (Å²) in [6.45, 7) is 7.40. The van der Waals surface area contributed by atoms with Gasteiger partial charge in [0.25, 0.3) is 0 Å². The molecule has 0 saturated heterocycles. The first-order valence-corrected chi connectivity index (χ1v) is 3.92. The molecule has 0 rings (SSSR count). The fourth-order valence-corrected chi connectivity index (χ4v) is 0.789. The summed E-state index contributed by atoms with van der Waals surface area (Å²) in [7, 11) is 0. The van der Waals surface area contributed by atoms with Crippen LogP contribution in [0.25, 0.3) is 0 Å². The number of allylic oxidation sites excluding steroid dienone is 3. The van der Waals surface area contributed by atoms with Gasteiger partial charge in [0.1, 0.15) is 0 Å². The van der Waals surface area contributed by atoms with E-state index in [-0.39, 0.29) is 5.91 Å². The summed E-state index contributed by atoms with van der Waals surface area (Å²) < 4.78 is 0. The van der Waals surface area contributed by atoms with E-state index >= 15 is 0 Å². The molecular weight excluding hydrogens is 150 g/mol. The average molecular weight is 165 g/mol. The molecule has 2 heteroatoms. The van der Waals surface area contributed by atoms with Crippen molar-refractivity contribution in [1.29, 1.82) is 0 Å². The molecule has 0 radical (unpaired) electrons. The van der Waals surface area contributed by atoms with Crippen molar-refractivity contribution >= 4 is 5.91 Å². The van der Waals surface area contributed by atoms with Gasteiger partial charge in [0.15, 0.2) is 0 Å². The third kappa shape index (κ3) is 3.19. The molecule has 12 heavy (non-hydrogen) atoms. The first kappa shape index (κ1) is 10.7. The largest absolute Gasteiger partial charge is 0.366 e. The molecular formula is C10H15NO. The molecule has 0 fully saturated rings. The highest BCUT2D eigenvalue weighted by molar-refractivity contribution is 5.95. The van der Waals surface area contributed by atoms with E-state index in [1.54, 1.807) is 18.2 Å². The van der Waals surface area contributed by atoms with E-state index in [1.165, 1.54) is 0 Å². The minimum Gasteiger partial charge on any atom is -0.366 e. The van der Waals surface area contributed by atoms with Crippen LogP contribution in [0.2, 0.25) is 0 Å². The zero-order valence-corrected chi connectivity index (χ0v) is 7.63. The smallest absolute Gasteiger partial charge is 0.248 e. The zero-order chi connectivity index (χ0) is 9.56. The molecule has 0 bridgehead atoms. The molecule has 0 unspecified atom stereocenters. The van der Waals surface area contributed by atoms with Gasteiger partial charge in [0.2, 0.25) is 5.91 Å². The molecule has 0 aliphatic rings. The SMILES string of the molecule is C=C/C=C\C(C(N)=O)=C(/C)CC. The second-order valence-corrected chi connectivity index (χ2v) is 2.51. The molecule has 0 saturated carbocycles. The Morgan fingerprint density at radius 3 is 2.50 bits per heavy atom. The predicted molar refractivity (Wildman–Crippen MR) is 51.5 cm³/mol. The Morgan fingerprint density at radius 2 is 2.17 bits per heavy atom. The Bertz CT molecular complexity index is 236. The number of nitrogens with two attached hydrogens (primary N) is 1. The van der Waals surface area contributed by atoms with E-state index in [0.717, 1.165) is 12.0 Å². The summed E-state index contributed by atoms with van der Waals surface area (Å²) in [5, 5.41) is 0. The van der Waals surface area contributed by atoms with Gasteiger partial charge in [-0.1, -0.05) is 31.2 Å². The molecule has 0 aromatic rings. The van der Waals surface area contributed by atoms with Crippen molar-refractivity contribution in [3.8, 4) is 0 Å². The summed E-state index contributed by atoms with van der Waals surface area (Å²) in [5.41, 5.74) is 6.75. The average Bonchev–Trinajstić information content (AvgIpc) is 2.04. The summed E-state index contributed by atoms with van der Waals surface area (Å²) in [4.78, 5) is 10.9. The number of carbonyl (C=O) groups is 1. The maximum absolute atomic E-state index is 10.9. The zero-order valence-electron chi connectivity index (χ0n) is 7.63. The molecule has 0 aliphatic carbocycles. The predicted octanol–water partition coefficient (Wildman–Crippen LogP) is 1.94. The number of carbonyl (C=O) groups excluding carboxylic acids is 1. The summed E-state index contributed by atoms with van der Waals surface area (Å²) >= 11 is 0. The van der Waals surface area contributed by atoms with Crippen LogP contribution in [-0.4, -0.2) is 5.91 Å². The van der Waals surface area contributed by atoms with Crippen molar-refractivity contribution < 1.29 is 4.79 Å². The third-order valence-corrected chi connectivity index (χ3v) is 1.65. The van der Waals surface area contributed by atoms with Crippen molar-refractivity contribution in [1.82, 2.24) is 0 Å². The summed E-state index contributed by atoms with van der Waals surface area (Å²) in [5.74, 6) is -0.382. The Morgan fingerprint density at radius 1 is 1.58 bits per heavy atom.